The van der Waals surface area contributed by atoms with E-state index in [0.29, 0.717) is 17.9 Å². The van der Waals surface area contributed by atoms with Crippen molar-refractivity contribution < 1.29 is 24.3 Å². The average Bonchev–Trinajstić information content (AvgIpc) is 3.07. The number of aliphatic hydroxyl groups excluding tert-OH is 1. The number of nitrogens with zero attached hydrogens (tertiary/aromatic N) is 1. The zero-order valence-electron chi connectivity index (χ0n) is 18.4. The first-order valence-electron chi connectivity index (χ1n) is 10.8. The maximum absolute atomic E-state index is 13.0. The van der Waals surface area contributed by atoms with E-state index >= 15 is 0 Å². The average molecular weight is 424 g/mol. The van der Waals surface area contributed by atoms with E-state index in [4.69, 9.17) is 4.74 Å². The predicted molar refractivity (Wildman–Crippen MR) is 120 cm³/mol. The number of nitrogens with one attached hydrogen (secondary N) is 1. The van der Waals surface area contributed by atoms with Crippen LogP contribution in [-0.4, -0.2) is 55.0 Å². The van der Waals surface area contributed by atoms with E-state index in [0.717, 1.165) is 31.6 Å². The van der Waals surface area contributed by atoms with Gasteiger partial charge in [0.1, 0.15) is 11.5 Å². The minimum atomic E-state index is -0.641. The van der Waals surface area contributed by atoms with Gasteiger partial charge in [-0.25, -0.2) is 0 Å². The Balaban J connectivity index is 1.98. The van der Waals surface area contributed by atoms with Crippen molar-refractivity contribution in [3.8, 4) is 5.75 Å². The van der Waals surface area contributed by atoms with Crippen molar-refractivity contribution in [1.29, 1.82) is 0 Å². The molecule has 1 amide bonds. The number of hydrogen-bond acceptors (Lipinski definition) is 4. The minimum absolute atomic E-state index is 0.136. The van der Waals surface area contributed by atoms with E-state index in [1.807, 2.05) is 30.3 Å². The number of quaternary nitrogens is 1. The lowest BCUT2D eigenvalue weighted by molar-refractivity contribution is -0.896. The number of Topliss-reactive ketones (excluding diaryl/α,β-unsaturated/α-hetero) is 1. The van der Waals surface area contributed by atoms with Gasteiger partial charge < -0.3 is 19.6 Å². The van der Waals surface area contributed by atoms with Crippen LogP contribution < -0.4 is 9.64 Å². The third kappa shape index (κ3) is 4.80. The molecule has 1 aliphatic heterocycles. The van der Waals surface area contributed by atoms with Crippen molar-refractivity contribution in [1.82, 2.24) is 4.90 Å². The van der Waals surface area contributed by atoms with Crippen LogP contribution in [-0.2, 0) is 9.59 Å². The summed E-state index contributed by atoms with van der Waals surface area (Å²) < 4.78 is 5.17. The molecule has 1 atom stereocenters. The number of carbonyl (C=O) groups is 2. The largest absolute Gasteiger partial charge is 0.507 e. The molecule has 0 saturated carbocycles. The summed E-state index contributed by atoms with van der Waals surface area (Å²) in [6.07, 6.45) is 0.788. The zero-order valence-corrected chi connectivity index (χ0v) is 18.4. The summed E-state index contributed by atoms with van der Waals surface area (Å²) >= 11 is 0. The topological polar surface area (TPSA) is 71.3 Å². The normalized spacial score (nSPS) is 18.1. The second-order valence-corrected chi connectivity index (χ2v) is 7.69. The Morgan fingerprint density at radius 1 is 1.03 bits per heavy atom. The van der Waals surface area contributed by atoms with Gasteiger partial charge >= 0.3 is 0 Å². The maximum atomic E-state index is 13.0. The Hall–Kier alpha value is -3.12. The SMILES string of the molecule is CC[NH+](CC)CCCN1C(=O)C(=O)/C(=C(/O)c2ccc(OC)cc2)[C@@H]1c1ccccc1. The van der Waals surface area contributed by atoms with E-state index in [2.05, 4.69) is 13.8 Å². The molecular weight excluding hydrogens is 392 g/mol. The van der Waals surface area contributed by atoms with Crippen molar-refractivity contribution >= 4 is 17.4 Å². The van der Waals surface area contributed by atoms with Gasteiger partial charge in [0.2, 0.25) is 0 Å². The Bertz CT molecular complexity index is 934. The summed E-state index contributed by atoms with van der Waals surface area (Å²) in [7, 11) is 1.57. The number of ether oxygens (including phenoxy) is 1. The quantitative estimate of drug-likeness (QED) is 0.369. The molecule has 1 aliphatic rings. The lowest BCUT2D eigenvalue weighted by Gasteiger charge is -2.26. The molecule has 1 saturated heterocycles. The van der Waals surface area contributed by atoms with Crippen LogP contribution in [0, 0.1) is 0 Å². The highest BCUT2D eigenvalue weighted by Crippen LogP contribution is 2.39. The Labute approximate surface area is 183 Å². The van der Waals surface area contributed by atoms with E-state index in [9.17, 15) is 14.7 Å². The van der Waals surface area contributed by atoms with Gasteiger partial charge in [-0.1, -0.05) is 30.3 Å². The van der Waals surface area contributed by atoms with Gasteiger partial charge in [-0.2, -0.15) is 0 Å². The van der Waals surface area contributed by atoms with Crippen molar-refractivity contribution in [2.75, 3.05) is 33.3 Å². The Kier molecular flexibility index (Phi) is 7.47. The first kappa shape index (κ1) is 22.6. The van der Waals surface area contributed by atoms with Gasteiger partial charge in [0.15, 0.2) is 0 Å². The van der Waals surface area contributed by atoms with E-state index in [-0.39, 0.29) is 11.3 Å². The van der Waals surface area contributed by atoms with E-state index < -0.39 is 17.7 Å². The zero-order chi connectivity index (χ0) is 22.4. The van der Waals surface area contributed by atoms with Crippen LogP contribution in [0.3, 0.4) is 0 Å². The van der Waals surface area contributed by atoms with Crippen molar-refractivity contribution in [2.24, 2.45) is 0 Å². The third-order valence-corrected chi connectivity index (χ3v) is 5.95. The smallest absolute Gasteiger partial charge is 0.295 e. The van der Waals surface area contributed by atoms with E-state index in [1.54, 1.807) is 36.3 Å². The summed E-state index contributed by atoms with van der Waals surface area (Å²) in [6.45, 7) is 7.72. The number of benzene rings is 2. The monoisotopic (exact) mass is 423 g/mol. The molecule has 2 aromatic carbocycles. The Morgan fingerprint density at radius 2 is 1.68 bits per heavy atom. The van der Waals surface area contributed by atoms with Gasteiger partial charge in [-0.15, -0.1) is 0 Å². The lowest BCUT2D eigenvalue weighted by Crippen LogP contribution is -3.11. The predicted octanol–water partition coefficient (Wildman–Crippen LogP) is 2.43. The second kappa shape index (κ2) is 10.3. The number of rotatable bonds is 9. The molecule has 1 fully saturated rings. The number of aliphatic hydroxyl groups is 1. The molecule has 0 aliphatic carbocycles. The number of likely N-dealkylation sites (tertiary alicyclic amines) is 1. The molecule has 0 bridgehead atoms. The van der Waals surface area contributed by atoms with Gasteiger partial charge in [-0.05, 0) is 43.7 Å². The van der Waals surface area contributed by atoms with Crippen LogP contribution in [0.2, 0.25) is 0 Å². The molecule has 31 heavy (non-hydrogen) atoms. The van der Waals surface area contributed by atoms with Crippen LogP contribution in [0.15, 0.2) is 60.2 Å². The maximum Gasteiger partial charge on any atom is 0.295 e. The Morgan fingerprint density at radius 3 is 2.26 bits per heavy atom. The lowest BCUT2D eigenvalue weighted by atomic mass is 9.95. The molecule has 0 aromatic heterocycles. The fraction of sp³-hybridized carbons (Fsp3) is 0.360. The molecule has 2 N–H and O–H groups in total. The van der Waals surface area contributed by atoms with Crippen molar-refractivity contribution in [3.63, 3.8) is 0 Å². The number of ketones is 1. The molecule has 3 rings (SSSR count). The standard InChI is InChI=1S/C25H30N2O4/c1-4-26(5-2)16-9-17-27-22(18-10-7-6-8-11-18)21(24(29)25(27)30)23(28)19-12-14-20(31-3)15-13-19/h6-8,10-15,22,28H,4-5,9,16-17H2,1-3H3/p+1/b23-21+/t22-/m0/s1. The van der Waals surface area contributed by atoms with Crippen LogP contribution in [0.4, 0.5) is 0 Å². The van der Waals surface area contributed by atoms with Crippen LogP contribution >= 0.6 is 0 Å². The number of methoxy groups -OCH3 is 1. The van der Waals surface area contributed by atoms with Crippen LogP contribution in [0.5, 0.6) is 5.75 Å². The number of carbonyl (C=O) groups excluding carboxylic acids is 2. The molecule has 0 spiro atoms. The molecule has 2 aromatic rings. The van der Waals surface area contributed by atoms with Crippen molar-refractivity contribution in [3.05, 3.63) is 71.3 Å². The summed E-state index contributed by atoms with van der Waals surface area (Å²) in [5.74, 6) is -0.710. The fourth-order valence-electron chi connectivity index (χ4n) is 4.10. The van der Waals surface area contributed by atoms with Gasteiger partial charge in [-0.3, -0.25) is 9.59 Å². The van der Waals surface area contributed by atoms with Crippen LogP contribution in [0.1, 0.15) is 37.4 Å². The summed E-state index contributed by atoms with van der Waals surface area (Å²) in [4.78, 5) is 29.0. The second-order valence-electron chi connectivity index (χ2n) is 7.69. The summed E-state index contributed by atoms with van der Waals surface area (Å²) in [6, 6.07) is 15.6. The molecule has 164 valence electrons. The van der Waals surface area contributed by atoms with Crippen LogP contribution in [0.25, 0.3) is 5.76 Å². The van der Waals surface area contributed by atoms with Gasteiger partial charge in [0, 0.05) is 18.5 Å². The molecule has 6 heteroatoms. The van der Waals surface area contributed by atoms with Crippen molar-refractivity contribution in [2.45, 2.75) is 26.3 Å². The first-order valence-corrected chi connectivity index (χ1v) is 10.8. The van der Waals surface area contributed by atoms with Gasteiger partial charge in [0.25, 0.3) is 11.7 Å². The van der Waals surface area contributed by atoms with E-state index in [1.165, 1.54) is 4.90 Å². The third-order valence-electron chi connectivity index (χ3n) is 5.95. The summed E-state index contributed by atoms with van der Waals surface area (Å²) in [5, 5.41) is 11.0. The highest BCUT2D eigenvalue weighted by molar-refractivity contribution is 6.46. The molecule has 6 nitrogen and oxygen atoms in total. The highest BCUT2D eigenvalue weighted by Gasteiger charge is 2.45. The molecular formula is C25H31N2O4+. The first-order chi connectivity index (χ1) is 15.0. The fourth-order valence-corrected chi connectivity index (χ4v) is 4.10. The summed E-state index contributed by atoms with van der Waals surface area (Å²) in [5.41, 5.74) is 1.43. The van der Waals surface area contributed by atoms with Gasteiger partial charge in [0.05, 0.1) is 38.4 Å². The minimum Gasteiger partial charge on any atom is -0.507 e. The molecule has 0 radical (unpaired) electrons. The number of amides is 1. The molecule has 0 unspecified atom stereocenters. The molecule has 1 heterocycles. The highest BCUT2D eigenvalue weighted by atomic mass is 16.5. The number of hydrogen-bond donors (Lipinski definition) is 2.